The molecule has 0 radical (unpaired) electrons. The van der Waals surface area contributed by atoms with E-state index in [-0.39, 0.29) is 12.6 Å². The zero-order valence-electron chi connectivity index (χ0n) is 14.4. The quantitative estimate of drug-likeness (QED) is 0.641. The Hall–Kier alpha value is -2.34. The lowest BCUT2D eigenvalue weighted by Crippen LogP contribution is -2.32. The van der Waals surface area contributed by atoms with E-state index in [1.165, 1.54) is 5.57 Å². The van der Waals surface area contributed by atoms with Crippen LogP contribution in [0.4, 0.5) is 0 Å². The van der Waals surface area contributed by atoms with Crippen LogP contribution in [0.1, 0.15) is 31.0 Å². The smallest absolute Gasteiger partial charge is 0.0629 e. The maximum Gasteiger partial charge on any atom is 0.0629 e. The van der Waals surface area contributed by atoms with Crippen LogP contribution in [-0.4, -0.2) is 29.7 Å². The maximum atomic E-state index is 9.92. The van der Waals surface area contributed by atoms with E-state index in [0.29, 0.717) is 6.54 Å². The van der Waals surface area contributed by atoms with E-state index >= 15 is 0 Å². The molecule has 2 aromatic rings. The highest BCUT2D eigenvalue weighted by atomic mass is 16.3. The van der Waals surface area contributed by atoms with E-state index in [2.05, 4.69) is 48.8 Å². The van der Waals surface area contributed by atoms with Crippen LogP contribution in [0.5, 0.6) is 0 Å². The molecule has 0 unspecified atom stereocenters. The van der Waals surface area contributed by atoms with Crippen LogP contribution < -0.4 is 0 Å². The molecule has 2 nitrogen and oxygen atoms in total. The number of nitrogens with zero attached hydrogens (tertiary/aromatic N) is 1. The standard InChI is InChI=1S/C22H25NO/c1-19(2)15-17-23(16-9-12-20-10-5-3-6-11-20)22(18-24)21-13-7-4-8-14-21/h3-8,10-11,13-15,22,24H,16-18H2,1-2H3/t22-/m1/s1. The second-order valence-electron chi connectivity index (χ2n) is 5.99. The molecule has 2 aromatic carbocycles. The fraction of sp³-hybridized carbons (Fsp3) is 0.273. The fourth-order valence-corrected chi connectivity index (χ4v) is 2.47. The van der Waals surface area contributed by atoms with Crippen LogP contribution in [0.25, 0.3) is 0 Å². The third-order valence-corrected chi connectivity index (χ3v) is 3.82. The van der Waals surface area contributed by atoms with Crippen LogP contribution >= 0.6 is 0 Å². The molecule has 0 spiro atoms. The van der Waals surface area contributed by atoms with Crippen LogP contribution in [0.3, 0.4) is 0 Å². The van der Waals surface area contributed by atoms with Gasteiger partial charge in [0.1, 0.15) is 0 Å². The predicted molar refractivity (Wildman–Crippen MR) is 101 cm³/mol. The van der Waals surface area contributed by atoms with Crippen molar-refractivity contribution in [3.8, 4) is 11.8 Å². The second kappa shape index (κ2) is 9.72. The van der Waals surface area contributed by atoms with Crippen LogP contribution in [-0.2, 0) is 0 Å². The van der Waals surface area contributed by atoms with Crippen molar-refractivity contribution >= 4 is 0 Å². The molecule has 2 rings (SSSR count). The number of rotatable bonds is 6. The first kappa shape index (κ1) is 18.0. The van der Waals surface area contributed by atoms with Gasteiger partial charge >= 0.3 is 0 Å². The summed E-state index contributed by atoms with van der Waals surface area (Å²) in [6.07, 6.45) is 2.18. The van der Waals surface area contributed by atoms with Gasteiger partial charge in [0.15, 0.2) is 0 Å². The van der Waals surface area contributed by atoms with Crippen molar-refractivity contribution in [2.75, 3.05) is 19.7 Å². The van der Waals surface area contributed by atoms with Gasteiger partial charge in [-0.1, -0.05) is 72.0 Å². The summed E-state index contributed by atoms with van der Waals surface area (Å²) in [5.74, 6) is 6.44. The predicted octanol–water partition coefficient (Wildman–Crippen LogP) is 4.04. The van der Waals surface area contributed by atoms with Crippen molar-refractivity contribution in [1.29, 1.82) is 0 Å². The topological polar surface area (TPSA) is 23.5 Å². The summed E-state index contributed by atoms with van der Waals surface area (Å²) in [7, 11) is 0. The Morgan fingerprint density at radius 2 is 1.67 bits per heavy atom. The van der Waals surface area contributed by atoms with Crippen molar-refractivity contribution < 1.29 is 5.11 Å². The molecule has 0 fully saturated rings. The van der Waals surface area contributed by atoms with Crippen molar-refractivity contribution in [3.05, 3.63) is 83.4 Å². The monoisotopic (exact) mass is 319 g/mol. The Morgan fingerprint density at radius 3 is 2.25 bits per heavy atom. The minimum Gasteiger partial charge on any atom is -0.394 e. The Labute approximate surface area is 145 Å². The highest BCUT2D eigenvalue weighted by Crippen LogP contribution is 2.19. The van der Waals surface area contributed by atoms with Gasteiger partial charge in [-0.2, -0.15) is 0 Å². The average Bonchev–Trinajstić information content (AvgIpc) is 2.61. The molecular formula is C22H25NO. The molecule has 1 atom stereocenters. The molecule has 0 aliphatic rings. The van der Waals surface area contributed by atoms with E-state index in [4.69, 9.17) is 0 Å². The Balaban J connectivity index is 2.17. The van der Waals surface area contributed by atoms with E-state index in [1.807, 2.05) is 48.5 Å². The summed E-state index contributed by atoms with van der Waals surface area (Å²) in [6.45, 7) is 5.63. The summed E-state index contributed by atoms with van der Waals surface area (Å²) in [5.41, 5.74) is 3.39. The zero-order chi connectivity index (χ0) is 17.2. The fourth-order valence-electron chi connectivity index (χ4n) is 2.47. The molecule has 0 heterocycles. The van der Waals surface area contributed by atoms with Crippen molar-refractivity contribution in [1.82, 2.24) is 4.90 Å². The first-order chi connectivity index (χ1) is 11.7. The Kier molecular flexibility index (Phi) is 7.29. The molecule has 0 bridgehead atoms. The molecule has 24 heavy (non-hydrogen) atoms. The van der Waals surface area contributed by atoms with Gasteiger partial charge in [0, 0.05) is 12.1 Å². The molecule has 124 valence electrons. The molecule has 0 saturated heterocycles. The van der Waals surface area contributed by atoms with Crippen molar-refractivity contribution in [3.63, 3.8) is 0 Å². The normalized spacial score (nSPS) is 11.5. The SMILES string of the molecule is CC(C)=CCN(CC#Cc1ccccc1)[C@H](CO)c1ccccc1. The lowest BCUT2D eigenvalue weighted by molar-refractivity contribution is 0.147. The summed E-state index contributed by atoms with van der Waals surface area (Å²) >= 11 is 0. The van der Waals surface area contributed by atoms with Gasteiger partial charge in [-0.05, 0) is 31.5 Å². The first-order valence-corrected chi connectivity index (χ1v) is 8.28. The molecule has 0 amide bonds. The van der Waals surface area contributed by atoms with Crippen LogP contribution in [0.2, 0.25) is 0 Å². The molecule has 0 aliphatic heterocycles. The molecular weight excluding hydrogens is 294 g/mol. The maximum absolute atomic E-state index is 9.92. The summed E-state index contributed by atoms with van der Waals surface area (Å²) in [5, 5.41) is 9.92. The highest BCUT2D eigenvalue weighted by Gasteiger charge is 2.17. The molecule has 2 heteroatoms. The number of benzene rings is 2. The van der Waals surface area contributed by atoms with E-state index in [1.54, 1.807) is 0 Å². The minimum absolute atomic E-state index is 0.0492. The highest BCUT2D eigenvalue weighted by molar-refractivity contribution is 5.34. The number of hydrogen-bond acceptors (Lipinski definition) is 2. The lowest BCUT2D eigenvalue weighted by atomic mass is 10.1. The van der Waals surface area contributed by atoms with Gasteiger partial charge in [0.2, 0.25) is 0 Å². The summed E-state index contributed by atoms with van der Waals surface area (Å²) < 4.78 is 0. The average molecular weight is 319 g/mol. The third-order valence-electron chi connectivity index (χ3n) is 3.82. The van der Waals surface area contributed by atoms with Crippen LogP contribution in [0, 0.1) is 11.8 Å². The molecule has 0 aromatic heterocycles. The number of hydrogen-bond donors (Lipinski definition) is 1. The first-order valence-electron chi connectivity index (χ1n) is 8.28. The van der Waals surface area contributed by atoms with Gasteiger partial charge in [0.25, 0.3) is 0 Å². The van der Waals surface area contributed by atoms with E-state index in [0.717, 1.165) is 17.7 Å². The number of allylic oxidation sites excluding steroid dienone is 1. The Morgan fingerprint density at radius 1 is 1.04 bits per heavy atom. The molecule has 1 N–H and O–H groups in total. The third kappa shape index (κ3) is 5.70. The van der Waals surface area contributed by atoms with Crippen molar-refractivity contribution in [2.24, 2.45) is 0 Å². The van der Waals surface area contributed by atoms with E-state index < -0.39 is 0 Å². The zero-order valence-corrected chi connectivity index (χ0v) is 14.4. The lowest BCUT2D eigenvalue weighted by Gasteiger charge is -2.28. The van der Waals surface area contributed by atoms with Crippen LogP contribution in [0.15, 0.2) is 72.3 Å². The number of aliphatic hydroxyl groups is 1. The van der Waals surface area contributed by atoms with Gasteiger partial charge < -0.3 is 5.11 Å². The van der Waals surface area contributed by atoms with Gasteiger partial charge in [-0.15, -0.1) is 0 Å². The largest absolute Gasteiger partial charge is 0.394 e. The molecule has 0 aliphatic carbocycles. The Bertz CT molecular complexity index is 691. The second-order valence-corrected chi connectivity index (χ2v) is 5.99. The van der Waals surface area contributed by atoms with Crippen molar-refractivity contribution in [2.45, 2.75) is 19.9 Å². The minimum atomic E-state index is -0.0492. The van der Waals surface area contributed by atoms with Gasteiger partial charge in [-0.3, -0.25) is 4.90 Å². The summed E-state index contributed by atoms with van der Waals surface area (Å²) in [6, 6.07) is 20.1. The van der Waals surface area contributed by atoms with Gasteiger partial charge in [-0.25, -0.2) is 0 Å². The van der Waals surface area contributed by atoms with Gasteiger partial charge in [0.05, 0.1) is 19.2 Å². The number of aliphatic hydroxyl groups excluding tert-OH is 1. The molecule has 0 saturated carbocycles. The summed E-state index contributed by atoms with van der Waals surface area (Å²) in [4.78, 5) is 2.21. The van der Waals surface area contributed by atoms with E-state index in [9.17, 15) is 5.11 Å².